The highest BCUT2D eigenvalue weighted by atomic mass is 16.4. The lowest BCUT2D eigenvalue weighted by Crippen LogP contribution is -2.04. The topological polar surface area (TPSA) is 94.0 Å². The third-order valence-electron chi connectivity index (χ3n) is 3.83. The number of aliphatic carboxylic acids is 1. The van der Waals surface area contributed by atoms with Crippen molar-refractivity contribution in [2.24, 2.45) is 5.92 Å². The molecular weight excluding hydrogens is 316 g/mol. The van der Waals surface area contributed by atoms with E-state index < -0.39 is 5.97 Å². The summed E-state index contributed by atoms with van der Waals surface area (Å²) in [5.74, 6) is 0.360. The highest BCUT2D eigenvalue weighted by Gasteiger charge is 2.14. The van der Waals surface area contributed by atoms with Crippen molar-refractivity contribution in [2.45, 2.75) is 47.1 Å². The number of pyridine rings is 1. The Bertz CT molecular complexity index is 884. The highest BCUT2D eigenvalue weighted by molar-refractivity contribution is 6.07. The predicted octanol–water partition coefficient (Wildman–Crippen LogP) is 4.00. The van der Waals surface area contributed by atoms with Crippen LogP contribution < -0.4 is 5.73 Å². The average molecular weight is 342 g/mol. The van der Waals surface area contributed by atoms with Crippen molar-refractivity contribution in [3.63, 3.8) is 0 Å². The van der Waals surface area contributed by atoms with Gasteiger partial charge in [-0.25, -0.2) is 9.97 Å². The zero-order valence-electron chi connectivity index (χ0n) is 15.3. The van der Waals surface area contributed by atoms with E-state index in [-0.39, 0.29) is 0 Å². The van der Waals surface area contributed by atoms with Gasteiger partial charge in [-0.15, -0.1) is 0 Å². The Kier molecular flexibility index (Phi) is 5.96. The number of hydrogen-bond acceptors (Lipinski definition) is 4. The second-order valence-electron chi connectivity index (χ2n) is 6.60. The number of carboxylic acid groups (broad SMARTS) is 1. The van der Waals surface area contributed by atoms with E-state index in [9.17, 15) is 4.79 Å². The number of hydrogen-bond donors (Lipinski definition) is 2. The summed E-state index contributed by atoms with van der Waals surface area (Å²) >= 11 is 0. The Hall–Kier alpha value is -2.63. The van der Waals surface area contributed by atoms with Crippen LogP contribution in [0.15, 0.2) is 24.5 Å². The van der Waals surface area contributed by atoms with Gasteiger partial charge in [-0.2, -0.15) is 0 Å². The monoisotopic (exact) mass is 342 g/mol. The maximum atomic E-state index is 9.60. The van der Waals surface area contributed by atoms with Crippen molar-refractivity contribution in [1.29, 1.82) is 0 Å². The Morgan fingerprint density at radius 3 is 2.64 bits per heavy atom. The van der Waals surface area contributed by atoms with Crippen LogP contribution in [0.3, 0.4) is 0 Å². The maximum absolute atomic E-state index is 9.60. The van der Waals surface area contributed by atoms with Crippen LogP contribution in [0.4, 0.5) is 5.82 Å². The Morgan fingerprint density at radius 1 is 1.36 bits per heavy atom. The first-order valence-corrected chi connectivity index (χ1v) is 8.56. The van der Waals surface area contributed by atoms with E-state index >= 15 is 0 Å². The molecule has 6 nitrogen and oxygen atoms in total. The zero-order valence-corrected chi connectivity index (χ0v) is 15.3. The molecule has 0 aliphatic rings. The Labute approximate surface area is 147 Å². The molecule has 0 spiro atoms. The van der Waals surface area contributed by atoms with Gasteiger partial charge in [0.25, 0.3) is 0 Å². The standard InChI is InChI=1S/C15H18N4.C4H8O2/c1-9(2)7-19-8-17-13-14(19)12-10(3)5-4-6-11(12)18-15(13)16;1-2-3-4(5)6/h4-6,8-9H,7H2,1-3H3,(H2,16,18);2-3H2,1H3,(H,5,6). The minimum atomic E-state index is -0.711. The third-order valence-corrected chi connectivity index (χ3v) is 3.83. The average Bonchev–Trinajstić information content (AvgIpc) is 2.91. The van der Waals surface area contributed by atoms with E-state index in [2.05, 4.69) is 41.4 Å². The van der Waals surface area contributed by atoms with Crippen molar-refractivity contribution in [3.05, 3.63) is 30.1 Å². The molecule has 0 aliphatic heterocycles. The molecule has 3 N–H and O–H groups in total. The molecule has 0 unspecified atom stereocenters. The minimum Gasteiger partial charge on any atom is -0.481 e. The van der Waals surface area contributed by atoms with Gasteiger partial charge >= 0.3 is 5.97 Å². The number of aryl methyl sites for hydroxylation is 1. The first-order valence-electron chi connectivity index (χ1n) is 8.56. The van der Waals surface area contributed by atoms with Gasteiger partial charge in [-0.3, -0.25) is 4.79 Å². The molecule has 0 bridgehead atoms. The van der Waals surface area contributed by atoms with E-state index in [0.29, 0.717) is 18.2 Å². The number of imidazole rings is 1. The van der Waals surface area contributed by atoms with Gasteiger partial charge < -0.3 is 15.4 Å². The Balaban J connectivity index is 0.000000326. The summed E-state index contributed by atoms with van der Waals surface area (Å²) in [6, 6.07) is 6.12. The molecule has 134 valence electrons. The summed E-state index contributed by atoms with van der Waals surface area (Å²) in [6.45, 7) is 9.28. The van der Waals surface area contributed by atoms with Crippen molar-refractivity contribution >= 4 is 33.7 Å². The molecule has 3 aromatic rings. The lowest BCUT2D eigenvalue weighted by molar-refractivity contribution is -0.137. The number of nitrogens with two attached hydrogens (primary N) is 1. The van der Waals surface area contributed by atoms with Crippen LogP contribution in [0.5, 0.6) is 0 Å². The van der Waals surface area contributed by atoms with Gasteiger partial charge in [0.2, 0.25) is 0 Å². The number of anilines is 1. The predicted molar refractivity (Wildman–Crippen MR) is 102 cm³/mol. The molecule has 0 radical (unpaired) electrons. The molecule has 0 atom stereocenters. The lowest BCUT2D eigenvalue weighted by Gasteiger charge is -2.11. The molecule has 6 heteroatoms. The summed E-state index contributed by atoms with van der Waals surface area (Å²) in [4.78, 5) is 18.5. The Morgan fingerprint density at radius 2 is 2.08 bits per heavy atom. The van der Waals surface area contributed by atoms with E-state index in [1.54, 1.807) is 0 Å². The molecule has 2 heterocycles. The van der Waals surface area contributed by atoms with Gasteiger partial charge in [-0.1, -0.05) is 32.9 Å². The number of rotatable bonds is 4. The molecule has 0 amide bonds. The SMILES string of the molecule is CCCC(=O)O.Cc1cccc2nc(N)c3ncn(CC(C)C)c3c12. The van der Waals surface area contributed by atoms with Crippen LogP contribution in [0.2, 0.25) is 0 Å². The van der Waals surface area contributed by atoms with Crippen LogP contribution >= 0.6 is 0 Å². The van der Waals surface area contributed by atoms with Gasteiger partial charge in [-0.05, 0) is 30.9 Å². The minimum absolute atomic E-state index is 0.292. The van der Waals surface area contributed by atoms with Gasteiger partial charge in [0.15, 0.2) is 5.82 Å². The zero-order chi connectivity index (χ0) is 18.6. The summed E-state index contributed by atoms with van der Waals surface area (Å²) in [6.07, 6.45) is 2.89. The smallest absolute Gasteiger partial charge is 0.303 e. The fourth-order valence-corrected chi connectivity index (χ4v) is 2.81. The first kappa shape index (κ1) is 18.7. The number of fused-ring (bicyclic) bond motifs is 3. The third kappa shape index (κ3) is 4.26. The fraction of sp³-hybridized carbons (Fsp3) is 0.421. The maximum Gasteiger partial charge on any atom is 0.303 e. The molecule has 0 aliphatic carbocycles. The number of aromatic nitrogens is 3. The van der Waals surface area contributed by atoms with Crippen LogP contribution in [0.25, 0.3) is 21.9 Å². The summed E-state index contributed by atoms with van der Waals surface area (Å²) in [7, 11) is 0. The van der Waals surface area contributed by atoms with Gasteiger partial charge in [0.1, 0.15) is 5.52 Å². The molecule has 0 fully saturated rings. The quantitative estimate of drug-likeness (QED) is 0.747. The van der Waals surface area contributed by atoms with Crippen LogP contribution in [0.1, 0.15) is 39.2 Å². The van der Waals surface area contributed by atoms with Gasteiger partial charge in [0, 0.05) is 18.4 Å². The number of benzene rings is 1. The number of nitrogens with zero attached hydrogens (tertiary/aromatic N) is 3. The van der Waals surface area contributed by atoms with Crippen LogP contribution in [0, 0.1) is 12.8 Å². The fourth-order valence-electron chi connectivity index (χ4n) is 2.81. The van der Waals surface area contributed by atoms with Crippen molar-refractivity contribution < 1.29 is 9.90 Å². The van der Waals surface area contributed by atoms with E-state index in [1.165, 1.54) is 5.56 Å². The molecule has 0 saturated heterocycles. The number of carboxylic acids is 1. The number of nitrogen functional groups attached to an aromatic ring is 1. The molecule has 0 saturated carbocycles. The molecule has 3 rings (SSSR count). The largest absolute Gasteiger partial charge is 0.481 e. The first-order chi connectivity index (χ1) is 11.8. The summed E-state index contributed by atoms with van der Waals surface area (Å²) in [5.41, 5.74) is 10.1. The van der Waals surface area contributed by atoms with Crippen molar-refractivity contribution in [1.82, 2.24) is 14.5 Å². The second-order valence-corrected chi connectivity index (χ2v) is 6.60. The van der Waals surface area contributed by atoms with Crippen molar-refractivity contribution in [2.75, 3.05) is 5.73 Å². The van der Waals surface area contributed by atoms with Crippen LogP contribution in [-0.2, 0) is 11.3 Å². The lowest BCUT2D eigenvalue weighted by atomic mass is 10.1. The molecular formula is C19H26N4O2. The van der Waals surface area contributed by atoms with Crippen molar-refractivity contribution in [3.8, 4) is 0 Å². The highest BCUT2D eigenvalue weighted by Crippen LogP contribution is 2.29. The van der Waals surface area contributed by atoms with Crippen LogP contribution in [-0.4, -0.2) is 25.6 Å². The molecule has 1 aromatic carbocycles. The van der Waals surface area contributed by atoms with E-state index in [4.69, 9.17) is 10.8 Å². The van der Waals surface area contributed by atoms with E-state index in [1.807, 2.05) is 25.4 Å². The molecule has 25 heavy (non-hydrogen) atoms. The van der Waals surface area contributed by atoms with E-state index in [0.717, 1.165) is 34.9 Å². The normalized spacial score (nSPS) is 10.9. The second kappa shape index (κ2) is 7.96. The molecule has 2 aromatic heterocycles. The summed E-state index contributed by atoms with van der Waals surface area (Å²) in [5, 5.41) is 9.07. The summed E-state index contributed by atoms with van der Waals surface area (Å²) < 4.78 is 2.19. The van der Waals surface area contributed by atoms with Gasteiger partial charge in [0.05, 0.1) is 17.4 Å². The number of carbonyl (C=O) groups is 1.